The number of rotatable bonds is 6. The zero-order chi connectivity index (χ0) is 20.2. The van der Waals surface area contributed by atoms with Gasteiger partial charge in [-0.15, -0.1) is 0 Å². The fourth-order valence-corrected chi connectivity index (χ4v) is 4.38. The van der Waals surface area contributed by atoms with E-state index in [9.17, 15) is 4.79 Å². The monoisotopic (exact) mass is 404 g/mol. The third-order valence-corrected chi connectivity index (χ3v) is 5.63. The standard InChI is InChI=1S/C23H24N4OS/c1-15(28)25-12-7-16-13-19-21(20(29)14-16)23(26-18-5-3-2-4-6-18)22(27-19)17-8-10-24-11-9-17/h2-6,8-11,16,26-27H,7,12-14H2,1H3,(H,25,28). The Kier molecular flexibility index (Phi) is 5.71. The van der Waals surface area contributed by atoms with Gasteiger partial charge in [-0.25, -0.2) is 0 Å². The number of nitrogens with zero attached hydrogens (tertiary/aromatic N) is 1. The number of carbonyl (C=O) groups is 1. The van der Waals surface area contributed by atoms with Gasteiger partial charge in [0, 0.05) is 53.2 Å². The summed E-state index contributed by atoms with van der Waals surface area (Å²) in [5, 5.41) is 6.48. The van der Waals surface area contributed by atoms with Crippen LogP contribution >= 0.6 is 12.2 Å². The molecule has 2 aromatic heterocycles. The van der Waals surface area contributed by atoms with Gasteiger partial charge in [-0.3, -0.25) is 9.78 Å². The minimum absolute atomic E-state index is 0.0123. The zero-order valence-corrected chi connectivity index (χ0v) is 17.2. The Morgan fingerprint density at radius 3 is 2.66 bits per heavy atom. The van der Waals surface area contributed by atoms with Gasteiger partial charge in [-0.1, -0.05) is 30.4 Å². The summed E-state index contributed by atoms with van der Waals surface area (Å²) in [6.07, 6.45) is 6.30. The lowest BCUT2D eigenvalue weighted by molar-refractivity contribution is -0.118. The number of benzene rings is 1. The molecule has 1 aliphatic rings. The molecule has 1 aromatic carbocycles. The highest BCUT2D eigenvalue weighted by Crippen LogP contribution is 2.40. The minimum atomic E-state index is 0.0123. The number of aromatic amines is 1. The Labute approximate surface area is 176 Å². The second-order valence-electron chi connectivity index (χ2n) is 7.42. The highest BCUT2D eigenvalue weighted by molar-refractivity contribution is 7.80. The van der Waals surface area contributed by atoms with Crippen LogP contribution in [0, 0.1) is 5.92 Å². The van der Waals surface area contributed by atoms with Crippen LogP contribution in [0.15, 0.2) is 54.9 Å². The molecule has 0 fully saturated rings. The molecule has 4 rings (SSSR count). The van der Waals surface area contributed by atoms with Crippen LogP contribution in [0.5, 0.6) is 0 Å². The van der Waals surface area contributed by atoms with Gasteiger partial charge in [-0.2, -0.15) is 0 Å². The first-order chi connectivity index (χ1) is 14.1. The normalized spacial score (nSPS) is 15.6. The third-order valence-electron chi connectivity index (χ3n) is 5.26. The molecule has 0 saturated carbocycles. The molecule has 1 unspecified atom stereocenters. The fraction of sp³-hybridized carbons (Fsp3) is 0.261. The van der Waals surface area contributed by atoms with Crippen molar-refractivity contribution in [2.45, 2.75) is 26.2 Å². The van der Waals surface area contributed by atoms with E-state index in [1.165, 1.54) is 5.69 Å². The second-order valence-corrected chi connectivity index (χ2v) is 7.92. The smallest absolute Gasteiger partial charge is 0.216 e. The average molecular weight is 405 g/mol. The number of fused-ring (bicyclic) bond motifs is 1. The summed E-state index contributed by atoms with van der Waals surface area (Å²) in [5.74, 6) is 0.439. The molecule has 1 atom stereocenters. The van der Waals surface area contributed by atoms with E-state index in [1.807, 2.05) is 30.3 Å². The minimum Gasteiger partial charge on any atom is -0.356 e. The van der Waals surface area contributed by atoms with Crippen LogP contribution in [-0.4, -0.2) is 27.3 Å². The lowest BCUT2D eigenvalue weighted by Crippen LogP contribution is -2.26. The number of nitrogens with one attached hydrogen (secondary N) is 3. The number of hydrogen-bond donors (Lipinski definition) is 3. The van der Waals surface area contributed by atoms with E-state index in [4.69, 9.17) is 12.2 Å². The summed E-state index contributed by atoms with van der Waals surface area (Å²) < 4.78 is 0. The summed E-state index contributed by atoms with van der Waals surface area (Å²) in [4.78, 5) is 19.9. The first-order valence-electron chi connectivity index (χ1n) is 9.86. The number of pyridine rings is 1. The third kappa shape index (κ3) is 4.38. The van der Waals surface area contributed by atoms with E-state index in [0.29, 0.717) is 12.5 Å². The van der Waals surface area contributed by atoms with Crippen molar-refractivity contribution in [1.82, 2.24) is 15.3 Å². The van der Waals surface area contributed by atoms with E-state index in [0.717, 1.165) is 52.3 Å². The maximum Gasteiger partial charge on any atom is 0.216 e. The molecule has 0 aliphatic heterocycles. The maximum atomic E-state index is 11.2. The van der Waals surface area contributed by atoms with Crippen LogP contribution in [0.4, 0.5) is 11.4 Å². The molecule has 148 valence electrons. The average Bonchev–Trinajstić information content (AvgIpc) is 3.08. The Morgan fingerprint density at radius 2 is 1.93 bits per heavy atom. The van der Waals surface area contributed by atoms with Crippen molar-refractivity contribution >= 4 is 34.4 Å². The quantitative estimate of drug-likeness (QED) is 0.524. The van der Waals surface area contributed by atoms with E-state index in [-0.39, 0.29) is 5.91 Å². The Morgan fingerprint density at radius 1 is 1.17 bits per heavy atom. The number of H-pyrrole nitrogens is 1. The molecule has 2 heterocycles. The van der Waals surface area contributed by atoms with Gasteiger partial charge in [0.1, 0.15) is 0 Å². The molecule has 6 heteroatoms. The lowest BCUT2D eigenvalue weighted by Gasteiger charge is -2.24. The molecule has 0 saturated heterocycles. The van der Waals surface area contributed by atoms with E-state index >= 15 is 0 Å². The van der Waals surface area contributed by atoms with Crippen LogP contribution < -0.4 is 10.6 Å². The summed E-state index contributed by atoms with van der Waals surface area (Å²) in [7, 11) is 0. The largest absolute Gasteiger partial charge is 0.356 e. The summed E-state index contributed by atoms with van der Waals surface area (Å²) >= 11 is 5.85. The first kappa shape index (κ1) is 19.3. The molecule has 5 nitrogen and oxygen atoms in total. The lowest BCUT2D eigenvalue weighted by atomic mass is 9.85. The number of carbonyl (C=O) groups excluding carboxylic acids is 1. The molecule has 1 aliphatic carbocycles. The van der Waals surface area contributed by atoms with Crippen molar-refractivity contribution < 1.29 is 4.79 Å². The van der Waals surface area contributed by atoms with Crippen LogP contribution in [-0.2, 0) is 11.2 Å². The van der Waals surface area contributed by atoms with Crippen molar-refractivity contribution in [1.29, 1.82) is 0 Å². The number of aromatic nitrogens is 2. The van der Waals surface area contributed by atoms with Crippen molar-refractivity contribution in [3.63, 3.8) is 0 Å². The molecule has 0 radical (unpaired) electrons. The van der Waals surface area contributed by atoms with Gasteiger partial charge in [-0.05, 0) is 49.4 Å². The molecule has 3 N–H and O–H groups in total. The number of anilines is 2. The van der Waals surface area contributed by atoms with Crippen molar-refractivity contribution in [2.24, 2.45) is 5.92 Å². The van der Waals surface area contributed by atoms with Crippen molar-refractivity contribution in [3.8, 4) is 11.3 Å². The fourth-order valence-electron chi connectivity index (χ4n) is 3.92. The van der Waals surface area contributed by atoms with Gasteiger partial charge in [0.05, 0.1) is 11.4 Å². The molecule has 0 bridgehead atoms. The number of para-hydroxylation sites is 1. The predicted octanol–water partition coefficient (Wildman–Crippen LogP) is 4.63. The number of hydrogen-bond acceptors (Lipinski definition) is 4. The van der Waals surface area contributed by atoms with Gasteiger partial charge in [0.2, 0.25) is 5.91 Å². The SMILES string of the molecule is CC(=O)NCCC1CC(=S)c2c([nH]c(-c3ccncc3)c2Nc2ccccc2)C1. The highest BCUT2D eigenvalue weighted by atomic mass is 32.1. The topological polar surface area (TPSA) is 69.8 Å². The molecule has 1 amide bonds. The van der Waals surface area contributed by atoms with E-state index < -0.39 is 0 Å². The summed E-state index contributed by atoms with van der Waals surface area (Å²) in [6.45, 7) is 2.24. The second kappa shape index (κ2) is 8.57. The van der Waals surface area contributed by atoms with E-state index in [1.54, 1.807) is 19.3 Å². The number of amides is 1. The van der Waals surface area contributed by atoms with Crippen LogP contribution in [0.1, 0.15) is 31.0 Å². The van der Waals surface area contributed by atoms with Gasteiger partial charge in [0.15, 0.2) is 0 Å². The Balaban J connectivity index is 1.68. The van der Waals surface area contributed by atoms with Crippen LogP contribution in [0.2, 0.25) is 0 Å². The Bertz CT molecular complexity index is 1010. The van der Waals surface area contributed by atoms with Gasteiger partial charge in [0.25, 0.3) is 0 Å². The van der Waals surface area contributed by atoms with Crippen molar-refractivity contribution in [3.05, 3.63) is 66.1 Å². The summed E-state index contributed by atoms with van der Waals surface area (Å²) in [6, 6.07) is 14.2. The maximum absolute atomic E-state index is 11.2. The molecular formula is C23H24N4OS. The number of thiocarbonyl (C=S) groups is 1. The molecule has 29 heavy (non-hydrogen) atoms. The zero-order valence-electron chi connectivity index (χ0n) is 16.4. The molecule has 0 spiro atoms. The van der Waals surface area contributed by atoms with Crippen LogP contribution in [0.3, 0.4) is 0 Å². The van der Waals surface area contributed by atoms with Gasteiger partial charge < -0.3 is 15.6 Å². The summed E-state index contributed by atoms with van der Waals surface area (Å²) in [5.41, 5.74) is 6.45. The Hall–Kier alpha value is -2.99. The highest BCUT2D eigenvalue weighted by Gasteiger charge is 2.29. The van der Waals surface area contributed by atoms with Gasteiger partial charge >= 0.3 is 0 Å². The molecule has 3 aromatic rings. The predicted molar refractivity (Wildman–Crippen MR) is 121 cm³/mol. The van der Waals surface area contributed by atoms with E-state index in [2.05, 4.69) is 32.7 Å². The molecular weight excluding hydrogens is 380 g/mol. The van der Waals surface area contributed by atoms with Crippen LogP contribution in [0.25, 0.3) is 11.3 Å². The first-order valence-corrected chi connectivity index (χ1v) is 10.3. The van der Waals surface area contributed by atoms with Crippen molar-refractivity contribution in [2.75, 3.05) is 11.9 Å².